The Morgan fingerprint density at radius 2 is 2.14 bits per heavy atom. The minimum Gasteiger partial charge on any atom is -0.504 e. The van der Waals surface area contributed by atoms with Crippen molar-refractivity contribution in [1.82, 2.24) is 9.88 Å². The van der Waals surface area contributed by atoms with Gasteiger partial charge in [0.2, 0.25) is 5.91 Å². The van der Waals surface area contributed by atoms with Crippen molar-refractivity contribution in [3.63, 3.8) is 0 Å². The molecule has 0 unspecified atom stereocenters. The van der Waals surface area contributed by atoms with E-state index in [1.807, 2.05) is 35.2 Å². The number of aromatic hydroxyl groups is 1. The van der Waals surface area contributed by atoms with Crippen LogP contribution in [0.25, 0.3) is 20.8 Å². The van der Waals surface area contributed by atoms with Crippen molar-refractivity contribution in [2.24, 2.45) is 5.92 Å². The quantitative estimate of drug-likeness (QED) is 0.719. The lowest BCUT2D eigenvalue weighted by atomic mass is 10.1. The van der Waals surface area contributed by atoms with Crippen molar-refractivity contribution in [3.05, 3.63) is 42.0 Å². The second kappa shape index (κ2) is 7.07. The van der Waals surface area contributed by atoms with Gasteiger partial charge in [0.15, 0.2) is 11.5 Å². The topological polar surface area (TPSA) is 71.9 Å². The van der Waals surface area contributed by atoms with Gasteiger partial charge in [-0.2, -0.15) is 0 Å². The van der Waals surface area contributed by atoms with E-state index in [4.69, 9.17) is 9.47 Å². The van der Waals surface area contributed by atoms with E-state index in [1.54, 1.807) is 17.4 Å². The summed E-state index contributed by atoms with van der Waals surface area (Å²) < 4.78 is 12.2. The second-order valence-corrected chi connectivity index (χ2v) is 8.17. The zero-order chi connectivity index (χ0) is 19.1. The molecule has 0 radical (unpaired) electrons. The van der Waals surface area contributed by atoms with Gasteiger partial charge in [-0.05, 0) is 30.7 Å². The summed E-state index contributed by atoms with van der Waals surface area (Å²) in [6, 6.07) is 11.6. The van der Waals surface area contributed by atoms with Crippen molar-refractivity contribution >= 4 is 27.5 Å². The Morgan fingerprint density at radius 3 is 2.96 bits per heavy atom. The predicted molar refractivity (Wildman–Crippen MR) is 107 cm³/mol. The van der Waals surface area contributed by atoms with E-state index in [1.165, 1.54) is 0 Å². The average molecular weight is 396 g/mol. The number of fused-ring (bicyclic) bond motifs is 2. The molecule has 5 rings (SSSR count). The van der Waals surface area contributed by atoms with Crippen molar-refractivity contribution in [3.8, 4) is 22.1 Å². The SMILES string of the molecule is O=C([C@@H]1CCOC1)N1CCOc2c(O)cc(-c3nc4ccccc4s3)cc2C1. The highest BCUT2D eigenvalue weighted by atomic mass is 32.1. The van der Waals surface area contributed by atoms with E-state index in [2.05, 4.69) is 4.98 Å². The fourth-order valence-electron chi connectivity index (χ4n) is 3.79. The number of aromatic nitrogens is 1. The Labute approximate surface area is 166 Å². The number of rotatable bonds is 2. The average Bonchev–Trinajstić information content (AvgIpc) is 3.33. The van der Waals surface area contributed by atoms with Crippen LogP contribution in [-0.2, 0) is 16.1 Å². The van der Waals surface area contributed by atoms with Crippen LogP contribution in [0.1, 0.15) is 12.0 Å². The summed E-state index contributed by atoms with van der Waals surface area (Å²) in [6.07, 6.45) is 0.764. The van der Waals surface area contributed by atoms with Crippen molar-refractivity contribution in [2.45, 2.75) is 13.0 Å². The molecule has 6 nitrogen and oxygen atoms in total. The van der Waals surface area contributed by atoms with Gasteiger partial charge in [0.05, 0.1) is 29.3 Å². The van der Waals surface area contributed by atoms with Gasteiger partial charge in [-0.3, -0.25) is 4.79 Å². The van der Waals surface area contributed by atoms with Crippen LogP contribution in [-0.4, -0.2) is 47.3 Å². The first-order valence-corrected chi connectivity index (χ1v) is 10.2. The normalized spacial score (nSPS) is 19.3. The molecule has 0 bridgehead atoms. The summed E-state index contributed by atoms with van der Waals surface area (Å²) in [5.41, 5.74) is 2.57. The van der Waals surface area contributed by atoms with Crippen molar-refractivity contribution < 1.29 is 19.4 Å². The summed E-state index contributed by atoms with van der Waals surface area (Å²) in [5.74, 6) is 0.564. The third-order valence-electron chi connectivity index (χ3n) is 5.25. The van der Waals surface area contributed by atoms with Gasteiger partial charge in [0.1, 0.15) is 11.6 Å². The van der Waals surface area contributed by atoms with Crippen LogP contribution in [0.5, 0.6) is 11.5 Å². The Hall–Kier alpha value is -2.64. The third kappa shape index (κ3) is 3.10. The van der Waals surface area contributed by atoms with E-state index >= 15 is 0 Å². The zero-order valence-electron chi connectivity index (χ0n) is 15.3. The van der Waals surface area contributed by atoms with Crippen molar-refractivity contribution in [2.75, 3.05) is 26.4 Å². The van der Waals surface area contributed by atoms with Crippen LogP contribution in [0.15, 0.2) is 36.4 Å². The molecule has 1 amide bonds. The molecule has 1 aromatic heterocycles. The van der Waals surface area contributed by atoms with Crippen molar-refractivity contribution in [1.29, 1.82) is 0 Å². The van der Waals surface area contributed by atoms with E-state index in [0.717, 1.165) is 32.8 Å². The number of carbonyl (C=O) groups is 1. The van der Waals surface area contributed by atoms with Crippen LogP contribution in [0.2, 0.25) is 0 Å². The standard InChI is InChI=1S/C21H20N2O4S/c24-17-10-14(20-22-16-3-1-2-4-18(16)28-20)9-15-11-23(6-8-27-19(15)17)21(25)13-5-7-26-12-13/h1-4,9-10,13,24H,5-8,11-12H2/t13-/m1/s1. The molecule has 2 aliphatic heterocycles. The fourth-order valence-corrected chi connectivity index (χ4v) is 4.75. The van der Waals surface area contributed by atoms with Crippen LogP contribution >= 0.6 is 11.3 Å². The highest BCUT2D eigenvalue weighted by Crippen LogP contribution is 2.39. The first-order chi connectivity index (χ1) is 13.7. The minimum absolute atomic E-state index is 0.0809. The van der Waals surface area contributed by atoms with Crippen LogP contribution in [0, 0.1) is 5.92 Å². The number of ether oxygens (including phenoxy) is 2. The lowest BCUT2D eigenvalue weighted by Gasteiger charge is -2.22. The maximum absolute atomic E-state index is 12.8. The molecular weight excluding hydrogens is 376 g/mol. The molecule has 2 aromatic carbocycles. The van der Waals surface area contributed by atoms with E-state index in [0.29, 0.717) is 38.7 Å². The maximum Gasteiger partial charge on any atom is 0.228 e. The molecule has 7 heteroatoms. The Morgan fingerprint density at radius 1 is 1.25 bits per heavy atom. The molecule has 0 spiro atoms. The van der Waals surface area contributed by atoms with Crippen LogP contribution in [0.4, 0.5) is 0 Å². The number of carbonyl (C=O) groups excluding carboxylic acids is 1. The van der Waals surface area contributed by atoms with Gasteiger partial charge in [-0.1, -0.05) is 12.1 Å². The maximum atomic E-state index is 12.8. The molecule has 144 valence electrons. The summed E-state index contributed by atoms with van der Waals surface area (Å²) in [6.45, 7) is 2.40. The molecule has 1 fully saturated rings. The number of thiazole rings is 1. The number of nitrogens with zero attached hydrogens (tertiary/aromatic N) is 2. The number of benzene rings is 2. The molecule has 2 aliphatic rings. The van der Waals surface area contributed by atoms with Gasteiger partial charge in [-0.15, -0.1) is 11.3 Å². The summed E-state index contributed by atoms with van der Waals surface area (Å²) in [5, 5.41) is 11.4. The predicted octanol–water partition coefficient (Wildman–Crippen LogP) is 3.43. The number of hydrogen-bond donors (Lipinski definition) is 1. The number of phenolic OH excluding ortho intramolecular Hbond substituents is 1. The second-order valence-electron chi connectivity index (χ2n) is 7.14. The molecule has 0 saturated carbocycles. The molecule has 1 atom stereocenters. The zero-order valence-corrected chi connectivity index (χ0v) is 16.1. The number of phenols is 1. The molecule has 3 heterocycles. The monoisotopic (exact) mass is 396 g/mol. The molecule has 1 N–H and O–H groups in total. The number of amides is 1. The van der Waals surface area contributed by atoms with E-state index in [9.17, 15) is 9.90 Å². The first-order valence-electron chi connectivity index (χ1n) is 9.40. The highest BCUT2D eigenvalue weighted by Gasteiger charge is 2.30. The first kappa shape index (κ1) is 17.5. The van der Waals surface area contributed by atoms with Gasteiger partial charge in [0.25, 0.3) is 0 Å². The van der Waals surface area contributed by atoms with Gasteiger partial charge in [-0.25, -0.2) is 4.98 Å². The molecule has 1 saturated heterocycles. The largest absolute Gasteiger partial charge is 0.504 e. The van der Waals surface area contributed by atoms with E-state index in [-0.39, 0.29) is 17.6 Å². The van der Waals surface area contributed by atoms with Crippen LogP contribution in [0.3, 0.4) is 0 Å². The van der Waals surface area contributed by atoms with Crippen LogP contribution < -0.4 is 4.74 Å². The summed E-state index contributed by atoms with van der Waals surface area (Å²) in [4.78, 5) is 19.3. The molecule has 3 aromatic rings. The Balaban J connectivity index is 1.50. The smallest absolute Gasteiger partial charge is 0.228 e. The molecular formula is C21H20N2O4S. The van der Waals surface area contributed by atoms with E-state index < -0.39 is 0 Å². The van der Waals surface area contributed by atoms with Gasteiger partial charge >= 0.3 is 0 Å². The molecule has 0 aliphatic carbocycles. The third-order valence-corrected chi connectivity index (χ3v) is 6.33. The number of hydrogen-bond acceptors (Lipinski definition) is 6. The Kier molecular flexibility index (Phi) is 4.41. The molecule has 28 heavy (non-hydrogen) atoms. The summed E-state index contributed by atoms with van der Waals surface area (Å²) in [7, 11) is 0. The lowest BCUT2D eigenvalue weighted by Crippen LogP contribution is -2.37. The summed E-state index contributed by atoms with van der Waals surface area (Å²) >= 11 is 1.58. The minimum atomic E-state index is -0.0809. The lowest BCUT2D eigenvalue weighted by molar-refractivity contribution is -0.136. The Bertz CT molecular complexity index is 1010. The van der Waals surface area contributed by atoms with Gasteiger partial charge in [0, 0.05) is 24.3 Å². The number of para-hydroxylation sites is 1. The fraction of sp³-hybridized carbons (Fsp3) is 0.333. The van der Waals surface area contributed by atoms with Gasteiger partial charge < -0.3 is 19.5 Å². The highest BCUT2D eigenvalue weighted by molar-refractivity contribution is 7.21.